The summed E-state index contributed by atoms with van der Waals surface area (Å²) in [6.07, 6.45) is 5.33. The summed E-state index contributed by atoms with van der Waals surface area (Å²) in [5.74, 6) is 0. The van der Waals surface area contributed by atoms with Gasteiger partial charge in [-0.3, -0.25) is 0 Å². The monoisotopic (exact) mass is 206 g/mol. The Kier molecular flexibility index (Phi) is 244. The van der Waals surface area contributed by atoms with E-state index in [1.54, 1.807) is 0 Å². The molecule has 0 nitrogen and oxygen atoms in total. The SMILES string of the molecule is CC.CC.CC.CCC.CCCCC. The second kappa shape index (κ2) is 117. The maximum Gasteiger partial charge on any atom is -0.0538 e. The fourth-order valence-corrected chi connectivity index (χ4v) is 0.354. The topological polar surface area (TPSA) is 0 Å². The summed E-state index contributed by atoms with van der Waals surface area (Å²) in [4.78, 5) is 0. The van der Waals surface area contributed by atoms with E-state index >= 15 is 0 Å². The van der Waals surface area contributed by atoms with Crippen LogP contribution in [0.15, 0.2) is 0 Å². The van der Waals surface area contributed by atoms with Gasteiger partial charge in [-0.05, 0) is 0 Å². The Hall–Kier alpha value is 0. The van der Waals surface area contributed by atoms with E-state index in [1.807, 2.05) is 41.5 Å². The molecular formula is C14H38. The van der Waals surface area contributed by atoms with Crippen molar-refractivity contribution in [2.45, 2.75) is 94.9 Å². The summed E-state index contributed by atoms with van der Waals surface area (Å²) >= 11 is 0. The van der Waals surface area contributed by atoms with Crippen LogP contribution >= 0.6 is 0 Å². The highest BCUT2D eigenvalue weighted by molar-refractivity contribution is 4.24. The highest BCUT2D eigenvalue weighted by atomic mass is 13.7. The van der Waals surface area contributed by atoms with Gasteiger partial charge in [0.1, 0.15) is 0 Å². The van der Waals surface area contributed by atoms with Crippen LogP contribution in [0.1, 0.15) is 94.9 Å². The first-order chi connectivity index (χ1) is 6.83. The van der Waals surface area contributed by atoms with E-state index in [0.717, 1.165) is 0 Å². The third-order valence-electron chi connectivity index (χ3n) is 0.707. The molecule has 0 rings (SSSR count). The molecule has 0 heteroatoms. The number of unbranched alkanes of at least 4 members (excludes halogenated alkanes) is 2. The van der Waals surface area contributed by atoms with Crippen molar-refractivity contribution in [3.8, 4) is 0 Å². The molecular weight excluding hydrogens is 168 g/mol. The lowest BCUT2D eigenvalue weighted by molar-refractivity contribution is 0.772. The second-order valence-corrected chi connectivity index (χ2v) is 2.06. The van der Waals surface area contributed by atoms with Crippen molar-refractivity contribution < 1.29 is 0 Å². The lowest BCUT2D eigenvalue weighted by atomic mass is 10.3. The van der Waals surface area contributed by atoms with Gasteiger partial charge in [-0.2, -0.15) is 0 Å². The van der Waals surface area contributed by atoms with Crippen LogP contribution in [-0.2, 0) is 0 Å². The van der Waals surface area contributed by atoms with Gasteiger partial charge in [-0.25, -0.2) is 0 Å². The van der Waals surface area contributed by atoms with E-state index in [1.165, 1.54) is 25.7 Å². The van der Waals surface area contributed by atoms with Crippen molar-refractivity contribution in [2.75, 3.05) is 0 Å². The van der Waals surface area contributed by atoms with Gasteiger partial charge in [0, 0.05) is 0 Å². The van der Waals surface area contributed by atoms with Crippen molar-refractivity contribution in [3.05, 3.63) is 0 Å². The molecule has 0 amide bonds. The standard InChI is InChI=1S/C5H12.C3H8.3C2H6/c1-3-5-4-2;1-3-2;3*1-2/h3-5H2,1-2H3;3H2,1-2H3;3*1-2H3. The zero-order valence-electron chi connectivity index (χ0n) is 12.8. The molecule has 0 spiro atoms. The molecule has 0 aromatic heterocycles. The highest BCUT2D eigenvalue weighted by Gasteiger charge is 1.68. The fourth-order valence-electron chi connectivity index (χ4n) is 0.354. The molecule has 0 heterocycles. The van der Waals surface area contributed by atoms with Gasteiger partial charge in [-0.15, -0.1) is 0 Å². The molecule has 94 valence electrons. The van der Waals surface area contributed by atoms with Gasteiger partial charge < -0.3 is 0 Å². The Bertz CT molecular complexity index is 14.0. The van der Waals surface area contributed by atoms with Crippen LogP contribution in [-0.4, -0.2) is 0 Å². The van der Waals surface area contributed by atoms with E-state index < -0.39 is 0 Å². The van der Waals surface area contributed by atoms with E-state index in [9.17, 15) is 0 Å². The molecule has 0 saturated carbocycles. The summed E-state index contributed by atoms with van der Waals surface area (Å²) in [5, 5.41) is 0. The van der Waals surface area contributed by atoms with Crippen LogP contribution < -0.4 is 0 Å². The zero-order valence-corrected chi connectivity index (χ0v) is 12.8. The summed E-state index contributed by atoms with van der Waals surface area (Å²) < 4.78 is 0. The summed E-state index contributed by atoms with van der Waals surface area (Å²) in [6, 6.07) is 0. The number of hydrogen-bond donors (Lipinski definition) is 0. The molecule has 0 unspecified atom stereocenters. The quantitative estimate of drug-likeness (QED) is 0.472. The van der Waals surface area contributed by atoms with Crippen molar-refractivity contribution in [3.63, 3.8) is 0 Å². The maximum absolute atomic E-state index is 2.21. The smallest absolute Gasteiger partial charge is 0.0538 e. The normalized spacial score (nSPS) is 5.57. The molecule has 0 fully saturated rings. The third-order valence-corrected chi connectivity index (χ3v) is 0.707. The Morgan fingerprint density at radius 3 is 0.643 bits per heavy atom. The minimum Gasteiger partial charge on any atom is -0.0683 e. The van der Waals surface area contributed by atoms with Gasteiger partial charge in [0.15, 0.2) is 0 Å². The highest BCUT2D eigenvalue weighted by Crippen LogP contribution is 1.88. The molecule has 0 aliphatic heterocycles. The predicted octanol–water partition coefficient (Wildman–Crippen LogP) is 6.69. The van der Waals surface area contributed by atoms with E-state index in [-0.39, 0.29) is 0 Å². The lowest BCUT2D eigenvalue weighted by Gasteiger charge is -1.79. The summed E-state index contributed by atoms with van der Waals surface area (Å²) in [6.45, 7) is 20.7. The molecule has 0 saturated heterocycles. The molecule has 0 aliphatic carbocycles. The summed E-state index contributed by atoms with van der Waals surface area (Å²) in [7, 11) is 0. The van der Waals surface area contributed by atoms with Crippen LogP contribution in [0.3, 0.4) is 0 Å². The van der Waals surface area contributed by atoms with E-state index in [0.29, 0.717) is 0 Å². The molecule has 0 aromatic carbocycles. The third kappa shape index (κ3) is 363. The predicted molar refractivity (Wildman–Crippen MR) is 75.2 cm³/mol. The summed E-state index contributed by atoms with van der Waals surface area (Å²) in [5.41, 5.74) is 0. The zero-order chi connectivity index (χ0) is 12.8. The van der Waals surface area contributed by atoms with Gasteiger partial charge in [-0.1, -0.05) is 94.9 Å². The molecule has 0 atom stereocenters. The van der Waals surface area contributed by atoms with Gasteiger partial charge in [0.25, 0.3) is 0 Å². The lowest BCUT2D eigenvalue weighted by Crippen LogP contribution is -1.59. The Morgan fingerprint density at radius 2 is 0.643 bits per heavy atom. The Balaban J connectivity index is -0.0000000263. The van der Waals surface area contributed by atoms with Gasteiger partial charge >= 0.3 is 0 Å². The number of hydrogen-bond acceptors (Lipinski definition) is 0. The van der Waals surface area contributed by atoms with Crippen LogP contribution in [0, 0.1) is 0 Å². The van der Waals surface area contributed by atoms with Crippen LogP contribution in [0.2, 0.25) is 0 Å². The molecule has 14 heavy (non-hydrogen) atoms. The molecule has 0 N–H and O–H groups in total. The van der Waals surface area contributed by atoms with E-state index in [2.05, 4.69) is 27.7 Å². The minimum atomic E-state index is 1.25. The van der Waals surface area contributed by atoms with Crippen LogP contribution in [0.4, 0.5) is 0 Å². The van der Waals surface area contributed by atoms with Gasteiger partial charge in [0.05, 0.1) is 0 Å². The minimum absolute atomic E-state index is 1.25. The first kappa shape index (κ1) is 29.2. The van der Waals surface area contributed by atoms with Crippen LogP contribution in [0.25, 0.3) is 0 Å². The Morgan fingerprint density at radius 1 is 0.500 bits per heavy atom. The Labute approximate surface area is 95.5 Å². The first-order valence-corrected chi connectivity index (χ1v) is 6.83. The second-order valence-electron chi connectivity index (χ2n) is 2.06. The van der Waals surface area contributed by atoms with Gasteiger partial charge in [0.2, 0.25) is 0 Å². The maximum atomic E-state index is 2.21. The van der Waals surface area contributed by atoms with Crippen molar-refractivity contribution in [1.82, 2.24) is 0 Å². The fraction of sp³-hybridized carbons (Fsp3) is 1.00. The van der Waals surface area contributed by atoms with Crippen molar-refractivity contribution in [2.24, 2.45) is 0 Å². The van der Waals surface area contributed by atoms with Crippen molar-refractivity contribution >= 4 is 0 Å². The largest absolute Gasteiger partial charge is 0.0683 e. The number of rotatable bonds is 2. The average Bonchev–Trinajstić information content (AvgIpc) is 2.29. The van der Waals surface area contributed by atoms with E-state index in [4.69, 9.17) is 0 Å². The van der Waals surface area contributed by atoms with Crippen LogP contribution in [0.5, 0.6) is 0 Å². The average molecular weight is 206 g/mol. The first-order valence-electron chi connectivity index (χ1n) is 6.83. The molecule has 0 radical (unpaired) electrons. The molecule has 0 bridgehead atoms. The molecule has 0 aromatic rings. The molecule has 0 aliphatic rings. The van der Waals surface area contributed by atoms with Crippen molar-refractivity contribution in [1.29, 1.82) is 0 Å².